The van der Waals surface area contributed by atoms with Crippen LogP contribution in [0, 0.1) is 6.92 Å². The zero-order chi connectivity index (χ0) is 24.2. The fourth-order valence-corrected chi connectivity index (χ4v) is 3.65. The molecule has 1 aromatic heterocycles. The van der Waals surface area contributed by atoms with Crippen LogP contribution in [0.4, 0.5) is 24.5 Å². The summed E-state index contributed by atoms with van der Waals surface area (Å²) in [5.74, 6) is 5.57. The van der Waals surface area contributed by atoms with E-state index in [1.54, 1.807) is 37.0 Å². The average Bonchev–Trinajstić information content (AvgIpc) is 3.28. The predicted molar refractivity (Wildman–Crippen MR) is 124 cm³/mol. The molecule has 6 N–H and O–H groups in total. The van der Waals surface area contributed by atoms with Gasteiger partial charge in [-0.1, -0.05) is 6.07 Å². The zero-order valence-corrected chi connectivity index (χ0v) is 18.7. The van der Waals surface area contributed by atoms with Crippen molar-refractivity contribution in [3.8, 4) is 0 Å². The van der Waals surface area contributed by atoms with Crippen LogP contribution in [0.2, 0.25) is 0 Å². The van der Waals surface area contributed by atoms with Gasteiger partial charge in [-0.3, -0.25) is 14.8 Å². The van der Waals surface area contributed by atoms with E-state index < -0.39 is 17.6 Å². The van der Waals surface area contributed by atoms with Crippen molar-refractivity contribution in [2.45, 2.75) is 19.6 Å². The van der Waals surface area contributed by atoms with Crippen LogP contribution in [0.3, 0.4) is 0 Å². The molecule has 11 heteroatoms. The molecule has 0 aliphatic rings. The maximum atomic E-state index is 13.3. The lowest BCUT2D eigenvalue weighted by molar-refractivity contribution is -0.137. The number of aryl methyl sites for hydroxylation is 1. The maximum absolute atomic E-state index is 13.3. The number of hydrogen-bond acceptors (Lipinski definition) is 7. The third-order valence-corrected chi connectivity index (χ3v) is 5.53. The lowest BCUT2D eigenvalue weighted by Crippen LogP contribution is -2.27. The van der Waals surface area contributed by atoms with Gasteiger partial charge in [0.2, 0.25) is 0 Å². The van der Waals surface area contributed by atoms with Gasteiger partial charge in [-0.25, -0.2) is 5.84 Å². The predicted octanol–water partition coefficient (Wildman–Crippen LogP) is 4.08. The molecule has 0 saturated heterocycles. The van der Waals surface area contributed by atoms with Gasteiger partial charge in [-0.15, -0.1) is 11.3 Å². The van der Waals surface area contributed by atoms with Crippen molar-refractivity contribution < 1.29 is 18.0 Å². The second-order valence-corrected chi connectivity index (χ2v) is 8.15. The maximum Gasteiger partial charge on any atom is 0.416 e. The first-order chi connectivity index (χ1) is 15.6. The SMILES string of the molecule is CNCc1cc(NC(=O)c2ccc(C)c(N(N)/C=C(\N)c3cncs3)c2)cc(C(F)(F)F)c1. The third-order valence-electron chi connectivity index (χ3n) is 4.70. The molecule has 0 aliphatic carbocycles. The molecule has 0 spiro atoms. The van der Waals surface area contributed by atoms with Gasteiger partial charge in [0.1, 0.15) is 0 Å². The van der Waals surface area contributed by atoms with Gasteiger partial charge in [0.05, 0.1) is 27.3 Å². The molecule has 0 bridgehead atoms. The average molecular weight is 477 g/mol. The van der Waals surface area contributed by atoms with Crippen molar-refractivity contribution in [2.24, 2.45) is 11.6 Å². The largest absolute Gasteiger partial charge is 0.416 e. The summed E-state index contributed by atoms with van der Waals surface area (Å²) in [5.41, 5.74) is 9.19. The Labute approximate surface area is 192 Å². The number of alkyl halides is 3. The molecule has 33 heavy (non-hydrogen) atoms. The number of nitrogens with one attached hydrogen (secondary N) is 2. The number of carbonyl (C=O) groups excluding carboxylic acids is 1. The molecular formula is C22H23F3N6OS. The number of nitrogens with two attached hydrogens (primary N) is 2. The third kappa shape index (κ3) is 6.09. The number of thiazole rings is 1. The number of halogens is 3. The topological polar surface area (TPSA) is 109 Å². The highest BCUT2D eigenvalue weighted by Crippen LogP contribution is 2.32. The standard InChI is InChI=1S/C22H23F3N6OS/c1-13-3-4-15(7-19(13)31(27)11-18(26)20-10-29-12-33-20)21(32)30-17-6-14(9-28-2)5-16(8-17)22(23,24)25/h3-8,10-12,28H,9,26-27H2,1-2H3,(H,30,32)/b18-11-. The van der Waals surface area contributed by atoms with Crippen molar-refractivity contribution in [3.05, 3.63) is 81.4 Å². The minimum atomic E-state index is -4.54. The summed E-state index contributed by atoms with van der Waals surface area (Å²) in [7, 11) is 1.63. The van der Waals surface area contributed by atoms with Crippen LogP contribution in [0.25, 0.3) is 5.70 Å². The van der Waals surface area contributed by atoms with Gasteiger partial charge in [0.15, 0.2) is 0 Å². The fraction of sp³-hybridized carbons (Fsp3) is 0.182. The molecule has 1 amide bonds. The number of nitrogens with zero attached hydrogens (tertiary/aromatic N) is 2. The van der Waals surface area contributed by atoms with Crippen molar-refractivity contribution >= 4 is 34.3 Å². The fourth-order valence-electron chi connectivity index (χ4n) is 3.11. The number of hydrogen-bond donors (Lipinski definition) is 4. The number of carbonyl (C=O) groups is 1. The molecule has 0 aliphatic heterocycles. The second kappa shape index (κ2) is 10.0. The molecule has 2 aromatic carbocycles. The molecule has 0 saturated carbocycles. The highest BCUT2D eigenvalue weighted by molar-refractivity contribution is 7.10. The van der Waals surface area contributed by atoms with Gasteiger partial charge in [-0.05, 0) is 55.4 Å². The number of amides is 1. The van der Waals surface area contributed by atoms with E-state index in [0.717, 1.165) is 22.6 Å². The Bertz CT molecular complexity index is 1160. The van der Waals surface area contributed by atoms with Crippen LogP contribution >= 0.6 is 11.3 Å². The second-order valence-electron chi connectivity index (χ2n) is 7.26. The summed E-state index contributed by atoms with van der Waals surface area (Å²) in [4.78, 5) is 17.5. The number of benzene rings is 2. The first-order valence-corrected chi connectivity index (χ1v) is 10.6. The monoisotopic (exact) mass is 476 g/mol. The van der Waals surface area contributed by atoms with Crippen molar-refractivity contribution in [3.63, 3.8) is 0 Å². The van der Waals surface area contributed by atoms with Gasteiger partial charge < -0.3 is 16.4 Å². The van der Waals surface area contributed by atoms with Crippen LogP contribution in [0.5, 0.6) is 0 Å². The van der Waals surface area contributed by atoms with E-state index in [0.29, 0.717) is 16.9 Å². The molecule has 0 unspecified atom stereocenters. The van der Waals surface area contributed by atoms with E-state index >= 15 is 0 Å². The van der Waals surface area contributed by atoms with E-state index in [2.05, 4.69) is 15.6 Å². The number of anilines is 2. The summed E-state index contributed by atoms with van der Waals surface area (Å²) in [6.45, 7) is 2.03. The van der Waals surface area contributed by atoms with Crippen LogP contribution in [-0.2, 0) is 12.7 Å². The number of aromatic nitrogens is 1. The van der Waals surface area contributed by atoms with E-state index in [-0.39, 0.29) is 17.8 Å². The first-order valence-electron chi connectivity index (χ1n) is 9.76. The molecule has 3 aromatic rings. The minimum absolute atomic E-state index is 0.0427. The van der Waals surface area contributed by atoms with E-state index in [4.69, 9.17) is 11.6 Å². The molecule has 1 heterocycles. The Morgan fingerprint density at radius 3 is 2.64 bits per heavy atom. The van der Waals surface area contributed by atoms with Gasteiger partial charge in [-0.2, -0.15) is 13.2 Å². The first kappa shape index (κ1) is 24.2. The Morgan fingerprint density at radius 1 is 1.24 bits per heavy atom. The van der Waals surface area contributed by atoms with Crippen molar-refractivity contribution in [1.82, 2.24) is 10.3 Å². The van der Waals surface area contributed by atoms with Gasteiger partial charge >= 0.3 is 6.18 Å². The van der Waals surface area contributed by atoms with Crippen LogP contribution < -0.4 is 27.2 Å². The zero-order valence-electron chi connectivity index (χ0n) is 17.9. The normalized spacial score (nSPS) is 12.0. The summed E-state index contributed by atoms with van der Waals surface area (Å²) in [6.07, 6.45) is -1.42. The van der Waals surface area contributed by atoms with Crippen molar-refractivity contribution in [2.75, 3.05) is 17.4 Å². The Balaban J connectivity index is 1.87. The van der Waals surface area contributed by atoms with Gasteiger partial charge in [0, 0.05) is 30.2 Å². The molecule has 0 radical (unpaired) electrons. The summed E-state index contributed by atoms with van der Waals surface area (Å²) in [5, 5.41) is 6.64. The Hall–Kier alpha value is -3.41. The Kier molecular flexibility index (Phi) is 7.36. The Morgan fingerprint density at radius 2 is 2.00 bits per heavy atom. The van der Waals surface area contributed by atoms with E-state index in [1.807, 2.05) is 6.92 Å². The lowest BCUT2D eigenvalue weighted by Gasteiger charge is -2.19. The quantitative estimate of drug-likeness (QED) is 0.302. The van der Waals surface area contributed by atoms with Crippen LogP contribution in [0.1, 0.15) is 31.9 Å². The summed E-state index contributed by atoms with van der Waals surface area (Å²) >= 11 is 1.35. The summed E-state index contributed by atoms with van der Waals surface area (Å²) in [6, 6.07) is 8.25. The van der Waals surface area contributed by atoms with E-state index in [9.17, 15) is 18.0 Å². The van der Waals surface area contributed by atoms with Gasteiger partial charge in [0.25, 0.3) is 5.91 Å². The van der Waals surface area contributed by atoms with Crippen molar-refractivity contribution in [1.29, 1.82) is 0 Å². The molecule has 3 rings (SSSR count). The number of rotatable bonds is 7. The highest BCUT2D eigenvalue weighted by Gasteiger charge is 2.31. The summed E-state index contributed by atoms with van der Waals surface area (Å²) < 4.78 is 39.8. The molecule has 0 atom stereocenters. The lowest BCUT2D eigenvalue weighted by atomic mass is 10.1. The molecule has 7 nitrogen and oxygen atoms in total. The molecular weight excluding hydrogens is 453 g/mol. The minimum Gasteiger partial charge on any atom is -0.396 e. The highest BCUT2D eigenvalue weighted by atomic mass is 32.1. The van der Waals surface area contributed by atoms with E-state index in [1.165, 1.54) is 28.6 Å². The molecule has 0 fully saturated rings. The van der Waals surface area contributed by atoms with Crippen LogP contribution in [-0.4, -0.2) is 17.9 Å². The van der Waals surface area contributed by atoms with Crippen LogP contribution in [0.15, 0.2) is 54.3 Å². The number of hydrazine groups is 1. The molecule has 174 valence electrons. The smallest absolute Gasteiger partial charge is 0.396 e.